The number of benzene rings is 1. The first-order valence-electron chi connectivity index (χ1n) is 13.6. The van der Waals surface area contributed by atoms with Crippen LogP contribution >= 0.6 is 0 Å². The van der Waals surface area contributed by atoms with Crippen molar-refractivity contribution in [2.45, 2.75) is 45.7 Å². The maximum absolute atomic E-state index is 12.6. The molecule has 0 unspecified atom stereocenters. The van der Waals surface area contributed by atoms with Crippen LogP contribution in [0.2, 0.25) is 0 Å². The van der Waals surface area contributed by atoms with Gasteiger partial charge in [0.1, 0.15) is 0 Å². The summed E-state index contributed by atoms with van der Waals surface area (Å²) in [5, 5.41) is 4.60. The van der Waals surface area contributed by atoms with Gasteiger partial charge >= 0.3 is 0 Å². The van der Waals surface area contributed by atoms with Crippen LogP contribution in [-0.2, 0) is 4.79 Å². The molecule has 36 heavy (non-hydrogen) atoms. The molecule has 3 aliphatic rings. The number of hydrogen-bond donors (Lipinski definition) is 0. The van der Waals surface area contributed by atoms with Gasteiger partial charge in [0.2, 0.25) is 5.91 Å². The molecular formula is C29H38N6O. The van der Waals surface area contributed by atoms with Crippen molar-refractivity contribution in [3.63, 3.8) is 0 Å². The van der Waals surface area contributed by atoms with Crippen LogP contribution < -0.4 is 9.80 Å². The van der Waals surface area contributed by atoms with E-state index in [9.17, 15) is 4.79 Å². The second-order valence-electron chi connectivity index (χ2n) is 11.0. The maximum Gasteiger partial charge on any atom is 0.226 e. The Hall–Kier alpha value is -3.06. The molecule has 2 aromatic heterocycles. The minimum atomic E-state index is 0.226. The van der Waals surface area contributed by atoms with Crippen LogP contribution in [0.5, 0.6) is 0 Å². The fourth-order valence-electron chi connectivity index (χ4n) is 5.86. The molecule has 3 aromatic rings. The molecule has 6 rings (SSSR count). The molecule has 0 spiro atoms. The van der Waals surface area contributed by atoms with Crippen molar-refractivity contribution < 1.29 is 4.79 Å². The molecule has 7 heteroatoms. The molecule has 0 bridgehead atoms. The highest BCUT2D eigenvalue weighted by Crippen LogP contribution is 2.34. The summed E-state index contributed by atoms with van der Waals surface area (Å²) >= 11 is 0. The van der Waals surface area contributed by atoms with Gasteiger partial charge < -0.3 is 14.7 Å². The number of amides is 1. The van der Waals surface area contributed by atoms with Crippen LogP contribution in [0.25, 0.3) is 16.6 Å². The zero-order valence-corrected chi connectivity index (χ0v) is 21.8. The van der Waals surface area contributed by atoms with Gasteiger partial charge in [-0.1, -0.05) is 12.1 Å². The van der Waals surface area contributed by atoms with Gasteiger partial charge in [-0.15, -0.1) is 0 Å². The van der Waals surface area contributed by atoms with Gasteiger partial charge in [-0.05, 0) is 63.4 Å². The molecule has 0 N–H and O–H groups in total. The van der Waals surface area contributed by atoms with Crippen LogP contribution in [0.1, 0.15) is 33.6 Å². The second kappa shape index (κ2) is 9.43. The van der Waals surface area contributed by atoms with E-state index in [0.29, 0.717) is 11.9 Å². The molecule has 1 saturated carbocycles. The number of rotatable bonds is 5. The Morgan fingerprint density at radius 2 is 1.64 bits per heavy atom. The molecule has 7 nitrogen and oxygen atoms in total. The van der Waals surface area contributed by atoms with Crippen molar-refractivity contribution in [3.8, 4) is 11.1 Å². The summed E-state index contributed by atoms with van der Waals surface area (Å²) in [6.45, 7) is 13.7. The third-order valence-corrected chi connectivity index (χ3v) is 8.27. The normalized spacial score (nSPS) is 21.6. The first-order valence-corrected chi connectivity index (χ1v) is 13.6. The van der Waals surface area contributed by atoms with Crippen LogP contribution in [0, 0.1) is 5.92 Å². The first kappa shape index (κ1) is 23.3. The third kappa shape index (κ3) is 4.45. The lowest BCUT2D eigenvalue weighted by Gasteiger charge is -2.41. The third-order valence-electron chi connectivity index (χ3n) is 8.27. The number of fused-ring (bicyclic) bond motifs is 1. The van der Waals surface area contributed by atoms with Gasteiger partial charge in [0.05, 0.1) is 11.2 Å². The Morgan fingerprint density at radius 1 is 0.917 bits per heavy atom. The molecule has 1 amide bonds. The largest absolute Gasteiger partial charge is 0.369 e. The minimum Gasteiger partial charge on any atom is -0.369 e. The SMILES string of the molecule is CC(C)N1CCN(c2ccc(-c3cc4c(N5CCN(C(=O)C6CC6)[C@H](C)C5)ccnn4c3)cc2)CC1. The Bertz CT molecular complexity index is 1220. The molecule has 2 saturated heterocycles. The van der Waals surface area contributed by atoms with Gasteiger partial charge in [0, 0.05) is 87.5 Å². The van der Waals surface area contributed by atoms with E-state index in [1.165, 1.54) is 22.5 Å². The molecule has 3 fully saturated rings. The van der Waals surface area contributed by atoms with E-state index in [1.807, 2.05) is 10.7 Å². The van der Waals surface area contributed by atoms with E-state index in [1.54, 1.807) is 0 Å². The van der Waals surface area contributed by atoms with E-state index < -0.39 is 0 Å². The first-order chi connectivity index (χ1) is 17.5. The van der Waals surface area contributed by atoms with E-state index in [-0.39, 0.29) is 12.0 Å². The predicted molar refractivity (Wildman–Crippen MR) is 146 cm³/mol. The predicted octanol–water partition coefficient (Wildman–Crippen LogP) is 3.98. The summed E-state index contributed by atoms with van der Waals surface area (Å²) < 4.78 is 2.00. The topological polar surface area (TPSA) is 47.3 Å². The summed E-state index contributed by atoms with van der Waals surface area (Å²) in [7, 11) is 0. The van der Waals surface area contributed by atoms with Crippen LogP contribution in [0.3, 0.4) is 0 Å². The van der Waals surface area contributed by atoms with E-state index in [2.05, 4.69) is 88.1 Å². The van der Waals surface area contributed by atoms with Crippen molar-refractivity contribution in [1.82, 2.24) is 19.4 Å². The average molecular weight is 487 g/mol. The van der Waals surface area contributed by atoms with Crippen LogP contribution in [-0.4, -0.2) is 83.2 Å². The number of piperazine rings is 2. The fraction of sp³-hybridized carbons (Fsp3) is 0.517. The number of carbonyl (C=O) groups is 1. The van der Waals surface area contributed by atoms with Gasteiger partial charge in [-0.25, -0.2) is 4.52 Å². The summed E-state index contributed by atoms with van der Waals surface area (Å²) in [6, 6.07) is 14.2. The number of nitrogens with zero attached hydrogens (tertiary/aromatic N) is 6. The molecular weight excluding hydrogens is 448 g/mol. The molecule has 2 aliphatic heterocycles. The zero-order chi connectivity index (χ0) is 24.8. The van der Waals surface area contributed by atoms with E-state index in [0.717, 1.165) is 64.2 Å². The smallest absolute Gasteiger partial charge is 0.226 e. The summed E-state index contributed by atoms with van der Waals surface area (Å²) in [5.74, 6) is 0.646. The van der Waals surface area contributed by atoms with Crippen LogP contribution in [0.4, 0.5) is 11.4 Å². The van der Waals surface area contributed by atoms with E-state index >= 15 is 0 Å². The summed E-state index contributed by atoms with van der Waals surface area (Å²) in [6.07, 6.45) is 6.16. The van der Waals surface area contributed by atoms with Gasteiger partial charge in [-0.3, -0.25) is 9.69 Å². The highest BCUT2D eigenvalue weighted by atomic mass is 16.2. The monoisotopic (exact) mass is 486 g/mol. The lowest BCUT2D eigenvalue weighted by atomic mass is 10.1. The Balaban J connectivity index is 1.18. The summed E-state index contributed by atoms with van der Waals surface area (Å²) in [5.41, 5.74) is 6.01. The zero-order valence-electron chi connectivity index (χ0n) is 21.8. The van der Waals surface area contributed by atoms with E-state index in [4.69, 9.17) is 0 Å². The molecule has 1 aliphatic carbocycles. The molecule has 190 valence electrons. The van der Waals surface area contributed by atoms with Crippen molar-refractivity contribution in [3.05, 3.63) is 48.8 Å². The quantitative estimate of drug-likeness (QED) is 0.546. The Labute approximate surface area is 214 Å². The standard InChI is InChI=1S/C29H38N6O/c1-21(2)31-12-14-32(15-13-31)26-8-6-23(7-9-26)25-18-28-27(10-11-30-35(28)20-25)33-16-17-34(22(3)19-33)29(36)24-4-5-24/h6-11,18,20-22,24H,4-5,12-17,19H2,1-3H3/t22-/m1/s1. The average Bonchev–Trinajstić information content (AvgIpc) is 3.66. The van der Waals surface area contributed by atoms with Crippen molar-refractivity contribution in [2.24, 2.45) is 5.92 Å². The van der Waals surface area contributed by atoms with Gasteiger partial charge in [0.15, 0.2) is 0 Å². The minimum absolute atomic E-state index is 0.226. The Kier molecular flexibility index (Phi) is 6.12. The highest BCUT2D eigenvalue weighted by Gasteiger charge is 2.37. The van der Waals surface area contributed by atoms with Gasteiger partial charge in [0.25, 0.3) is 0 Å². The number of aromatic nitrogens is 2. The summed E-state index contributed by atoms with van der Waals surface area (Å²) in [4.78, 5) is 22.2. The van der Waals surface area contributed by atoms with Crippen molar-refractivity contribution in [2.75, 3.05) is 55.6 Å². The molecule has 4 heterocycles. The number of carbonyl (C=O) groups excluding carboxylic acids is 1. The second-order valence-corrected chi connectivity index (χ2v) is 11.0. The van der Waals surface area contributed by atoms with Crippen LogP contribution in [0.15, 0.2) is 48.8 Å². The maximum atomic E-state index is 12.6. The van der Waals surface area contributed by atoms with Gasteiger partial charge in [-0.2, -0.15) is 5.10 Å². The molecule has 1 aromatic carbocycles. The Morgan fingerprint density at radius 3 is 2.31 bits per heavy atom. The molecule has 1 atom stereocenters. The van der Waals surface area contributed by atoms with Crippen molar-refractivity contribution in [1.29, 1.82) is 0 Å². The highest BCUT2D eigenvalue weighted by molar-refractivity contribution is 5.83. The van der Waals surface area contributed by atoms with Crippen molar-refractivity contribution >= 4 is 22.8 Å². The fourth-order valence-corrected chi connectivity index (χ4v) is 5.86. The number of hydrogen-bond acceptors (Lipinski definition) is 5. The lowest BCUT2D eigenvalue weighted by molar-refractivity contribution is -0.134. The lowest BCUT2D eigenvalue weighted by Crippen LogP contribution is -2.54. The molecule has 0 radical (unpaired) electrons. The number of anilines is 2.